The van der Waals surface area contributed by atoms with Crippen LogP contribution in [0.25, 0.3) is 0 Å². The molecule has 2 aliphatic heterocycles. The number of likely N-dealkylation sites (N-methyl/N-ethyl adjacent to an activating group) is 1. The lowest BCUT2D eigenvalue weighted by atomic mass is 9.94. The maximum atomic E-state index is 12.3. The Morgan fingerprint density at radius 3 is 2.85 bits per heavy atom. The number of nitrogens with one attached hydrogen (secondary N) is 1. The molecular weight excluding hydrogens is 258 g/mol. The van der Waals surface area contributed by atoms with Crippen LogP contribution < -0.4 is 5.32 Å². The third kappa shape index (κ3) is 4.70. The minimum Gasteiger partial charge on any atom is -0.388 e. The molecule has 1 amide bonds. The molecule has 2 N–H and O–H groups in total. The Morgan fingerprint density at radius 2 is 2.10 bits per heavy atom. The van der Waals surface area contributed by atoms with Gasteiger partial charge in [-0.1, -0.05) is 0 Å². The van der Waals surface area contributed by atoms with Gasteiger partial charge >= 0.3 is 0 Å². The molecule has 0 radical (unpaired) electrons. The topological polar surface area (TPSA) is 65.0 Å². The summed E-state index contributed by atoms with van der Waals surface area (Å²) in [5.74, 6) is 0.0896. The molecule has 2 rings (SSSR count). The Morgan fingerprint density at radius 1 is 1.35 bits per heavy atom. The van der Waals surface area contributed by atoms with Gasteiger partial charge in [0.15, 0.2) is 0 Å². The molecule has 6 heteroatoms. The molecular formula is C14H27N3O3. The number of carbonyl (C=O) groups excluding carboxylic acids is 1. The summed E-state index contributed by atoms with van der Waals surface area (Å²) in [6.07, 6.45) is 2.30. The van der Waals surface area contributed by atoms with Crippen molar-refractivity contribution in [1.82, 2.24) is 15.1 Å². The van der Waals surface area contributed by atoms with Gasteiger partial charge in [-0.2, -0.15) is 0 Å². The number of amides is 1. The van der Waals surface area contributed by atoms with Gasteiger partial charge in [-0.15, -0.1) is 0 Å². The molecule has 0 bridgehead atoms. The fourth-order valence-corrected chi connectivity index (χ4v) is 2.81. The van der Waals surface area contributed by atoms with E-state index >= 15 is 0 Å². The van der Waals surface area contributed by atoms with Crippen molar-refractivity contribution in [2.24, 2.45) is 0 Å². The molecule has 2 aliphatic rings. The van der Waals surface area contributed by atoms with Crippen molar-refractivity contribution in [3.8, 4) is 0 Å². The highest BCUT2D eigenvalue weighted by Gasteiger charge is 2.32. The van der Waals surface area contributed by atoms with Crippen LogP contribution >= 0.6 is 0 Å². The van der Waals surface area contributed by atoms with Gasteiger partial charge in [0, 0.05) is 52.7 Å². The molecule has 2 saturated heterocycles. The monoisotopic (exact) mass is 285 g/mol. The molecule has 0 aromatic rings. The number of rotatable bonds is 4. The molecule has 0 unspecified atom stereocenters. The van der Waals surface area contributed by atoms with Crippen molar-refractivity contribution in [3.63, 3.8) is 0 Å². The van der Waals surface area contributed by atoms with Gasteiger partial charge in [0.2, 0.25) is 5.91 Å². The maximum absolute atomic E-state index is 12.3. The third-order valence-electron chi connectivity index (χ3n) is 4.17. The number of ether oxygens (including phenoxy) is 1. The Balaban J connectivity index is 1.78. The van der Waals surface area contributed by atoms with Gasteiger partial charge in [-0.05, 0) is 19.5 Å². The Kier molecular flexibility index (Phi) is 5.77. The van der Waals surface area contributed by atoms with Crippen LogP contribution in [0.5, 0.6) is 0 Å². The van der Waals surface area contributed by atoms with Crippen LogP contribution in [0.1, 0.15) is 19.3 Å². The number of nitrogens with zero attached hydrogens (tertiary/aromatic N) is 2. The summed E-state index contributed by atoms with van der Waals surface area (Å²) in [5, 5.41) is 13.8. The first-order valence-corrected chi connectivity index (χ1v) is 7.56. The Labute approximate surface area is 121 Å². The van der Waals surface area contributed by atoms with Gasteiger partial charge in [0.05, 0.1) is 12.1 Å². The molecule has 6 nitrogen and oxygen atoms in total. The first-order chi connectivity index (χ1) is 9.59. The second kappa shape index (κ2) is 7.36. The molecule has 0 aromatic carbocycles. The summed E-state index contributed by atoms with van der Waals surface area (Å²) >= 11 is 0. The number of hydrogen-bond acceptors (Lipinski definition) is 5. The van der Waals surface area contributed by atoms with E-state index in [0.29, 0.717) is 39.1 Å². The smallest absolute Gasteiger partial charge is 0.236 e. The van der Waals surface area contributed by atoms with Crippen LogP contribution in [0.2, 0.25) is 0 Å². The first-order valence-electron chi connectivity index (χ1n) is 7.56. The maximum Gasteiger partial charge on any atom is 0.236 e. The van der Waals surface area contributed by atoms with E-state index in [1.807, 2.05) is 0 Å². The van der Waals surface area contributed by atoms with E-state index in [9.17, 15) is 9.90 Å². The number of carbonyl (C=O) groups is 1. The van der Waals surface area contributed by atoms with Crippen LogP contribution in [0.4, 0.5) is 0 Å². The fourth-order valence-electron chi connectivity index (χ4n) is 2.81. The molecule has 116 valence electrons. The summed E-state index contributed by atoms with van der Waals surface area (Å²) in [6.45, 7) is 5.86. The van der Waals surface area contributed by atoms with Gasteiger partial charge < -0.3 is 20.1 Å². The predicted octanol–water partition coefficient (Wildman–Crippen LogP) is -0.718. The first kappa shape index (κ1) is 15.7. The van der Waals surface area contributed by atoms with Crippen LogP contribution in [-0.2, 0) is 9.53 Å². The molecule has 2 heterocycles. The summed E-state index contributed by atoms with van der Waals surface area (Å²) in [4.78, 5) is 16.1. The summed E-state index contributed by atoms with van der Waals surface area (Å²) in [5.41, 5.74) is -0.775. The average Bonchev–Trinajstić information content (AvgIpc) is 2.67. The van der Waals surface area contributed by atoms with Crippen LogP contribution in [0, 0.1) is 0 Å². The summed E-state index contributed by atoms with van der Waals surface area (Å²) in [7, 11) is 1.78. The SMILES string of the molecule is CN(CC1(O)CCOCC1)C(=O)CN1CCCNCC1. The minimum atomic E-state index is -0.775. The van der Waals surface area contributed by atoms with Crippen molar-refractivity contribution < 1.29 is 14.6 Å². The average molecular weight is 285 g/mol. The standard InChI is InChI=1S/C14H27N3O3/c1-16(12-14(19)3-9-20-10-4-14)13(18)11-17-7-2-5-15-6-8-17/h15,19H,2-12H2,1H3. The fraction of sp³-hybridized carbons (Fsp3) is 0.929. The van der Waals surface area contributed by atoms with E-state index in [1.54, 1.807) is 11.9 Å². The quantitative estimate of drug-likeness (QED) is 0.714. The second-order valence-electron chi connectivity index (χ2n) is 5.97. The van der Waals surface area contributed by atoms with E-state index in [2.05, 4.69) is 10.2 Å². The predicted molar refractivity (Wildman–Crippen MR) is 76.6 cm³/mol. The van der Waals surface area contributed by atoms with Crippen molar-refractivity contribution in [3.05, 3.63) is 0 Å². The zero-order chi connectivity index (χ0) is 14.4. The molecule has 0 atom stereocenters. The van der Waals surface area contributed by atoms with Crippen LogP contribution in [0.15, 0.2) is 0 Å². The van der Waals surface area contributed by atoms with E-state index in [0.717, 1.165) is 32.6 Å². The number of hydrogen-bond donors (Lipinski definition) is 2. The second-order valence-corrected chi connectivity index (χ2v) is 5.97. The third-order valence-corrected chi connectivity index (χ3v) is 4.17. The normalized spacial score (nSPS) is 24.1. The van der Waals surface area contributed by atoms with Crippen molar-refractivity contribution in [2.75, 3.05) is 59.5 Å². The zero-order valence-electron chi connectivity index (χ0n) is 12.4. The molecule has 20 heavy (non-hydrogen) atoms. The van der Waals surface area contributed by atoms with Crippen molar-refractivity contribution in [1.29, 1.82) is 0 Å². The molecule has 0 saturated carbocycles. The molecule has 0 spiro atoms. The molecule has 0 aromatic heterocycles. The van der Waals surface area contributed by atoms with E-state index in [4.69, 9.17) is 4.74 Å². The van der Waals surface area contributed by atoms with Gasteiger partial charge in [-0.3, -0.25) is 9.69 Å². The van der Waals surface area contributed by atoms with E-state index in [1.165, 1.54) is 0 Å². The van der Waals surface area contributed by atoms with E-state index in [-0.39, 0.29) is 5.91 Å². The lowest BCUT2D eigenvalue weighted by Gasteiger charge is -2.36. The zero-order valence-corrected chi connectivity index (χ0v) is 12.4. The highest BCUT2D eigenvalue weighted by atomic mass is 16.5. The van der Waals surface area contributed by atoms with Gasteiger partial charge in [0.1, 0.15) is 0 Å². The summed E-state index contributed by atoms with van der Waals surface area (Å²) < 4.78 is 5.26. The van der Waals surface area contributed by atoms with E-state index < -0.39 is 5.60 Å². The summed E-state index contributed by atoms with van der Waals surface area (Å²) in [6, 6.07) is 0. The highest BCUT2D eigenvalue weighted by molar-refractivity contribution is 5.78. The number of aliphatic hydroxyl groups is 1. The van der Waals surface area contributed by atoms with Crippen LogP contribution in [0.3, 0.4) is 0 Å². The lowest BCUT2D eigenvalue weighted by Crippen LogP contribution is -2.49. The highest BCUT2D eigenvalue weighted by Crippen LogP contribution is 2.21. The van der Waals surface area contributed by atoms with Crippen molar-refractivity contribution in [2.45, 2.75) is 24.9 Å². The lowest BCUT2D eigenvalue weighted by molar-refractivity contribution is -0.137. The van der Waals surface area contributed by atoms with Gasteiger partial charge in [-0.25, -0.2) is 0 Å². The Hall–Kier alpha value is -0.690. The van der Waals surface area contributed by atoms with Gasteiger partial charge in [0.25, 0.3) is 0 Å². The van der Waals surface area contributed by atoms with Crippen LogP contribution in [-0.4, -0.2) is 85.9 Å². The Bertz CT molecular complexity index is 311. The molecule has 0 aliphatic carbocycles. The van der Waals surface area contributed by atoms with Crippen molar-refractivity contribution >= 4 is 5.91 Å². The minimum absolute atomic E-state index is 0.0896. The largest absolute Gasteiger partial charge is 0.388 e. The molecule has 2 fully saturated rings.